The Morgan fingerprint density at radius 3 is 2.67 bits per heavy atom. The van der Waals surface area contributed by atoms with E-state index in [4.69, 9.17) is 0 Å². The molecule has 0 atom stereocenters. The van der Waals surface area contributed by atoms with Gasteiger partial charge in [-0.05, 0) is 62.9 Å². The number of hydrogen-bond donors (Lipinski definition) is 2. The maximum atomic E-state index is 12.8. The van der Waals surface area contributed by atoms with Crippen LogP contribution in [0.3, 0.4) is 0 Å². The largest absolute Gasteiger partial charge is 0.507 e. The van der Waals surface area contributed by atoms with Gasteiger partial charge < -0.3 is 15.3 Å². The number of nitrogens with zero attached hydrogens (tertiary/aromatic N) is 1. The summed E-state index contributed by atoms with van der Waals surface area (Å²) in [5.74, 6) is 0.610. The molecule has 1 saturated heterocycles. The van der Waals surface area contributed by atoms with Gasteiger partial charge in [-0.25, -0.2) is 0 Å². The fourth-order valence-electron chi connectivity index (χ4n) is 2.96. The molecular weight excluding hydrogens is 332 g/mol. The summed E-state index contributed by atoms with van der Waals surface area (Å²) >= 11 is 3.37. The van der Waals surface area contributed by atoms with Gasteiger partial charge in [0, 0.05) is 17.1 Å². The first kappa shape index (κ1) is 14.9. The van der Waals surface area contributed by atoms with E-state index in [0.29, 0.717) is 17.5 Å². The van der Waals surface area contributed by atoms with E-state index in [2.05, 4.69) is 21.2 Å². The molecule has 4 nitrogen and oxygen atoms in total. The number of carbonyl (C=O) groups excluding carboxylic acids is 1. The molecule has 1 aliphatic carbocycles. The van der Waals surface area contributed by atoms with Crippen molar-refractivity contribution in [3.05, 3.63) is 28.2 Å². The standard InChI is InChI=1S/C16H21BrN2O2/c17-12-1-4-15(20)14(9-12)16(21)19(13-2-3-13)10-11-5-7-18-8-6-11/h1,4,9,11,13,18,20H,2-3,5-8,10H2. The van der Waals surface area contributed by atoms with Crippen LogP contribution in [0.5, 0.6) is 5.75 Å². The van der Waals surface area contributed by atoms with E-state index in [1.165, 1.54) is 0 Å². The summed E-state index contributed by atoms with van der Waals surface area (Å²) in [6, 6.07) is 5.41. The quantitative estimate of drug-likeness (QED) is 0.875. The fraction of sp³-hybridized carbons (Fsp3) is 0.562. The van der Waals surface area contributed by atoms with Gasteiger partial charge in [-0.15, -0.1) is 0 Å². The van der Waals surface area contributed by atoms with Crippen molar-refractivity contribution in [1.29, 1.82) is 0 Å². The molecule has 1 aromatic carbocycles. The Morgan fingerprint density at radius 1 is 1.29 bits per heavy atom. The van der Waals surface area contributed by atoms with Crippen LogP contribution in [0.15, 0.2) is 22.7 Å². The number of piperidine rings is 1. The molecule has 2 N–H and O–H groups in total. The second-order valence-electron chi connectivity index (χ2n) is 6.04. The van der Waals surface area contributed by atoms with E-state index in [1.54, 1.807) is 18.2 Å². The third-order valence-corrected chi connectivity index (χ3v) is 4.84. The average Bonchev–Trinajstić information content (AvgIpc) is 3.32. The number of halogens is 1. The lowest BCUT2D eigenvalue weighted by Crippen LogP contribution is -2.40. The number of rotatable bonds is 4. The molecule has 3 rings (SSSR count). The summed E-state index contributed by atoms with van der Waals surface area (Å²) < 4.78 is 0.821. The molecule has 1 aromatic rings. The SMILES string of the molecule is O=C(c1cc(Br)ccc1O)N(CC1CCNCC1)C1CC1. The van der Waals surface area contributed by atoms with Gasteiger partial charge in [0.2, 0.25) is 0 Å². The normalized spacial score (nSPS) is 19.5. The number of hydrogen-bond acceptors (Lipinski definition) is 3. The predicted molar refractivity (Wildman–Crippen MR) is 85.5 cm³/mol. The maximum absolute atomic E-state index is 12.8. The Labute approximate surface area is 133 Å². The minimum Gasteiger partial charge on any atom is -0.507 e. The molecule has 1 heterocycles. The van der Waals surface area contributed by atoms with Crippen molar-refractivity contribution in [2.45, 2.75) is 31.7 Å². The maximum Gasteiger partial charge on any atom is 0.257 e. The second kappa shape index (κ2) is 6.36. The Balaban J connectivity index is 1.76. The molecular formula is C16H21BrN2O2. The molecule has 21 heavy (non-hydrogen) atoms. The summed E-state index contributed by atoms with van der Waals surface area (Å²) in [7, 11) is 0. The molecule has 0 spiro atoms. The Kier molecular flexibility index (Phi) is 4.50. The van der Waals surface area contributed by atoms with E-state index >= 15 is 0 Å². The number of carbonyl (C=O) groups is 1. The average molecular weight is 353 g/mol. The van der Waals surface area contributed by atoms with Crippen LogP contribution in [0, 0.1) is 5.92 Å². The van der Waals surface area contributed by atoms with Crippen LogP contribution in [0.4, 0.5) is 0 Å². The third kappa shape index (κ3) is 3.58. The number of phenols is 1. The van der Waals surface area contributed by atoms with Gasteiger partial charge in [0.15, 0.2) is 0 Å². The van der Waals surface area contributed by atoms with Crippen molar-refractivity contribution < 1.29 is 9.90 Å². The van der Waals surface area contributed by atoms with Gasteiger partial charge in [0.25, 0.3) is 5.91 Å². The number of aromatic hydroxyl groups is 1. The van der Waals surface area contributed by atoms with Gasteiger partial charge in [0.1, 0.15) is 5.75 Å². The summed E-state index contributed by atoms with van der Waals surface area (Å²) in [5.41, 5.74) is 0.408. The second-order valence-corrected chi connectivity index (χ2v) is 6.96. The van der Waals surface area contributed by atoms with Crippen molar-refractivity contribution in [3.63, 3.8) is 0 Å². The first-order valence-electron chi connectivity index (χ1n) is 7.65. The minimum atomic E-state index is -0.0326. The van der Waals surface area contributed by atoms with Gasteiger partial charge in [-0.3, -0.25) is 4.79 Å². The van der Waals surface area contributed by atoms with Crippen LogP contribution < -0.4 is 5.32 Å². The van der Waals surface area contributed by atoms with Crippen LogP contribution in [0.25, 0.3) is 0 Å². The number of phenolic OH excluding ortho intramolecular Hbond substituents is 1. The van der Waals surface area contributed by atoms with Crippen LogP contribution >= 0.6 is 15.9 Å². The predicted octanol–water partition coefficient (Wildman–Crippen LogP) is 2.76. The van der Waals surface area contributed by atoms with Crippen LogP contribution in [0.1, 0.15) is 36.0 Å². The van der Waals surface area contributed by atoms with E-state index in [0.717, 1.165) is 49.8 Å². The van der Waals surface area contributed by atoms with Gasteiger partial charge in [0.05, 0.1) is 5.56 Å². The monoisotopic (exact) mass is 352 g/mol. The number of benzene rings is 1. The van der Waals surface area contributed by atoms with Crippen LogP contribution in [-0.4, -0.2) is 41.6 Å². The highest BCUT2D eigenvalue weighted by Crippen LogP contribution is 2.32. The highest BCUT2D eigenvalue weighted by molar-refractivity contribution is 9.10. The summed E-state index contributed by atoms with van der Waals surface area (Å²) in [6.07, 6.45) is 4.43. The van der Waals surface area contributed by atoms with Gasteiger partial charge in [-0.2, -0.15) is 0 Å². The summed E-state index contributed by atoms with van der Waals surface area (Å²) in [4.78, 5) is 14.8. The van der Waals surface area contributed by atoms with E-state index in [-0.39, 0.29) is 11.7 Å². The smallest absolute Gasteiger partial charge is 0.257 e. The lowest BCUT2D eigenvalue weighted by molar-refractivity contribution is 0.0698. The van der Waals surface area contributed by atoms with Crippen LogP contribution in [0.2, 0.25) is 0 Å². The van der Waals surface area contributed by atoms with E-state index in [1.807, 2.05) is 4.90 Å². The Hall–Kier alpha value is -1.07. The zero-order chi connectivity index (χ0) is 14.8. The van der Waals surface area contributed by atoms with Crippen molar-refractivity contribution >= 4 is 21.8 Å². The molecule has 0 radical (unpaired) electrons. The highest BCUT2D eigenvalue weighted by Gasteiger charge is 2.35. The molecule has 2 aliphatic rings. The first-order chi connectivity index (χ1) is 10.1. The fourth-order valence-corrected chi connectivity index (χ4v) is 3.32. The topological polar surface area (TPSA) is 52.6 Å². The molecule has 114 valence electrons. The van der Waals surface area contributed by atoms with Gasteiger partial charge in [-0.1, -0.05) is 15.9 Å². The minimum absolute atomic E-state index is 0.0326. The number of nitrogens with one attached hydrogen (secondary N) is 1. The first-order valence-corrected chi connectivity index (χ1v) is 8.44. The molecule has 0 unspecified atom stereocenters. The lowest BCUT2D eigenvalue weighted by Gasteiger charge is -2.30. The molecule has 1 saturated carbocycles. The zero-order valence-electron chi connectivity index (χ0n) is 12.0. The molecule has 5 heteroatoms. The molecule has 1 aliphatic heterocycles. The van der Waals surface area contributed by atoms with Crippen molar-refractivity contribution in [3.8, 4) is 5.75 Å². The van der Waals surface area contributed by atoms with E-state index in [9.17, 15) is 9.90 Å². The molecule has 2 fully saturated rings. The summed E-state index contributed by atoms with van der Waals surface area (Å²) in [6.45, 7) is 2.90. The lowest BCUT2D eigenvalue weighted by atomic mass is 9.97. The zero-order valence-corrected chi connectivity index (χ0v) is 13.6. The third-order valence-electron chi connectivity index (χ3n) is 4.35. The Bertz CT molecular complexity index is 525. The van der Waals surface area contributed by atoms with Crippen LogP contribution in [-0.2, 0) is 0 Å². The summed E-state index contributed by atoms with van der Waals surface area (Å²) in [5, 5.41) is 13.3. The highest BCUT2D eigenvalue weighted by atomic mass is 79.9. The Morgan fingerprint density at radius 2 is 2.00 bits per heavy atom. The number of amides is 1. The molecule has 0 aromatic heterocycles. The van der Waals surface area contributed by atoms with Crippen molar-refractivity contribution in [1.82, 2.24) is 10.2 Å². The van der Waals surface area contributed by atoms with Crippen molar-refractivity contribution in [2.24, 2.45) is 5.92 Å². The van der Waals surface area contributed by atoms with E-state index < -0.39 is 0 Å². The molecule has 0 bridgehead atoms. The van der Waals surface area contributed by atoms with Crippen molar-refractivity contribution in [2.75, 3.05) is 19.6 Å². The van der Waals surface area contributed by atoms with Gasteiger partial charge >= 0.3 is 0 Å². The molecule has 1 amide bonds.